The number of aromatic nitrogens is 2. The Morgan fingerprint density at radius 2 is 2.06 bits per heavy atom. The minimum absolute atomic E-state index is 0.228. The van der Waals surface area contributed by atoms with E-state index in [1.165, 1.54) is 18.6 Å². The fourth-order valence-corrected chi connectivity index (χ4v) is 2.68. The zero-order valence-corrected chi connectivity index (χ0v) is 12.2. The summed E-state index contributed by atoms with van der Waals surface area (Å²) in [6, 6.07) is 3.50. The largest absolute Gasteiger partial charge is 0.397 e. The van der Waals surface area contributed by atoms with Crippen molar-refractivity contribution in [2.24, 2.45) is 0 Å². The van der Waals surface area contributed by atoms with Crippen LogP contribution in [0.15, 0.2) is 39.7 Å². The topological polar surface area (TPSA) is 80.9 Å². The van der Waals surface area contributed by atoms with Gasteiger partial charge >= 0.3 is 0 Å². The molecule has 3 N–H and O–H groups in total. The Hall–Kier alpha value is -1.47. The summed E-state index contributed by atoms with van der Waals surface area (Å²) >= 11 is 6.65. The van der Waals surface area contributed by atoms with E-state index in [2.05, 4.69) is 47.1 Å². The first-order valence-corrected chi connectivity index (χ1v) is 6.48. The summed E-state index contributed by atoms with van der Waals surface area (Å²) in [4.78, 5) is 19.6. The lowest BCUT2D eigenvalue weighted by atomic mass is 10.2. The number of hydrogen-bond donors (Lipinski definition) is 2. The van der Waals surface area contributed by atoms with Crippen molar-refractivity contribution in [1.82, 2.24) is 9.97 Å². The predicted octanol–water partition coefficient (Wildman–Crippen LogP) is 2.84. The molecule has 1 amide bonds. The molecule has 0 saturated carbocycles. The van der Waals surface area contributed by atoms with Gasteiger partial charge in [0.15, 0.2) is 0 Å². The van der Waals surface area contributed by atoms with Crippen molar-refractivity contribution in [3.05, 3.63) is 45.4 Å². The van der Waals surface area contributed by atoms with Crippen LogP contribution in [0.4, 0.5) is 11.4 Å². The van der Waals surface area contributed by atoms with Gasteiger partial charge in [0.05, 0.1) is 17.6 Å². The normalized spacial score (nSPS) is 10.1. The molecule has 0 bridgehead atoms. The number of rotatable bonds is 2. The number of amides is 1. The lowest BCUT2D eigenvalue weighted by Crippen LogP contribution is -2.15. The zero-order chi connectivity index (χ0) is 13.1. The Balaban J connectivity index is 2.28. The van der Waals surface area contributed by atoms with Gasteiger partial charge in [-0.05, 0) is 28.1 Å². The van der Waals surface area contributed by atoms with E-state index in [4.69, 9.17) is 5.73 Å². The molecule has 7 heteroatoms. The monoisotopic (exact) mass is 370 g/mol. The highest BCUT2D eigenvalue weighted by Crippen LogP contribution is 2.32. The molecule has 0 spiro atoms. The standard InChI is InChI=1S/C11H8Br2N4O/c12-6-3-7(13)10(8(14)4-6)17-11(18)9-5-15-1-2-16-9/h1-5H,14H2,(H,17,18). The van der Waals surface area contributed by atoms with E-state index in [9.17, 15) is 4.79 Å². The number of hydrogen-bond acceptors (Lipinski definition) is 4. The van der Waals surface area contributed by atoms with E-state index < -0.39 is 0 Å². The van der Waals surface area contributed by atoms with E-state index >= 15 is 0 Å². The van der Waals surface area contributed by atoms with Crippen molar-refractivity contribution >= 4 is 49.1 Å². The summed E-state index contributed by atoms with van der Waals surface area (Å²) in [6.07, 6.45) is 4.34. The molecule has 92 valence electrons. The van der Waals surface area contributed by atoms with Crippen LogP contribution in [0.2, 0.25) is 0 Å². The van der Waals surface area contributed by atoms with Crippen LogP contribution in [0.3, 0.4) is 0 Å². The third-order valence-electron chi connectivity index (χ3n) is 2.12. The average molecular weight is 372 g/mol. The lowest BCUT2D eigenvalue weighted by molar-refractivity contribution is 0.102. The number of anilines is 2. The molecule has 5 nitrogen and oxygen atoms in total. The van der Waals surface area contributed by atoms with Crippen LogP contribution in [0.5, 0.6) is 0 Å². The quantitative estimate of drug-likeness (QED) is 0.795. The number of carbonyl (C=O) groups is 1. The molecule has 0 saturated heterocycles. The minimum atomic E-state index is -0.363. The number of halogens is 2. The van der Waals surface area contributed by atoms with Crippen molar-refractivity contribution in [2.45, 2.75) is 0 Å². The SMILES string of the molecule is Nc1cc(Br)cc(Br)c1NC(=O)c1cnccn1. The van der Waals surface area contributed by atoms with Crippen LogP contribution in [-0.4, -0.2) is 15.9 Å². The minimum Gasteiger partial charge on any atom is -0.397 e. The second-order valence-electron chi connectivity index (χ2n) is 3.40. The van der Waals surface area contributed by atoms with Crippen LogP contribution >= 0.6 is 31.9 Å². The highest BCUT2D eigenvalue weighted by molar-refractivity contribution is 9.11. The molecule has 0 aliphatic rings. The van der Waals surface area contributed by atoms with Gasteiger partial charge in [-0.25, -0.2) is 4.98 Å². The van der Waals surface area contributed by atoms with Crippen molar-refractivity contribution in [2.75, 3.05) is 11.1 Å². The van der Waals surface area contributed by atoms with E-state index in [1.54, 1.807) is 12.1 Å². The summed E-state index contributed by atoms with van der Waals surface area (Å²) in [6.45, 7) is 0. The highest BCUT2D eigenvalue weighted by atomic mass is 79.9. The molecule has 2 rings (SSSR count). The molecule has 0 radical (unpaired) electrons. The van der Waals surface area contributed by atoms with E-state index in [-0.39, 0.29) is 11.6 Å². The first-order chi connectivity index (χ1) is 8.58. The Morgan fingerprint density at radius 3 is 2.67 bits per heavy atom. The number of benzene rings is 1. The molecular formula is C11H8Br2N4O. The van der Waals surface area contributed by atoms with Gasteiger partial charge in [0, 0.05) is 21.3 Å². The molecule has 0 fully saturated rings. The van der Waals surface area contributed by atoms with Crippen molar-refractivity contribution < 1.29 is 4.79 Å². The summed E-state index contributed by atoms with van der Waals surface area (Å²) in [5.41, 5.74) is 7.03. The molecule has 1 heterocycles. The van der Waals surface area contributed by atoms with Crippen molar-refractivity contribution in [1.29, 1.82) is 0 Å². The molecular weight excluding hydrogens is 364 g/mol. The fraction of sp³-hybridized carbons (Fsp3) is 0. The molecule has 0 atom stereocenters. The maximum Gasteiger partial charge on any atom is 0.275 e. The van der Waals surface area contributed by atoms with Crippen LogP contribution in [0, 0.1) is 0 Å². The van der Waals surface area contributed by atoms with E-state index in [0.29, 0.717) is 15.8 Å². The Morgan fingerprint density at radius 1 is 1.28 bits per heavy atom. The van der Waals surface area contributed by atoms with Crippen molar-refractivity contribution in [3.63, 3.8) is 0 Å². The average Bonchev–Trinajstić information content (AvgIpc) is 2.34. The zero-order valence-electron chi connectivity index (χ0n) is 9.02. The number of carbonyl (C=O) groups excluding carboxylic acids is 1. The predicted molar refractivity (Wildman–Crippen MR) is 76.2 cm³/mol. The van der Waals surface area contributed by atoms with Crippen LogP contribution < -0.4 is 11.1 Å². The first-order valence-electron chi connectivity index (χ1n) is 4.90. The Kier molecular flexibility index (Phi) is 3.93. The Bertz CT molecular complexity index is 566. The van der Waals surface area contributed by atoms with Gasteiger partial charge in [0.25, 0.3) is 5.91 Å². The third kappa shape index (κ3) is 2.85. The maximum atomic E-state index is 11.9. The van der Waals surface area contributed by atoms with Gasteiger partial charge in [-0.2, -0.15) is 0 Å². The molecule has 0 aliphatic heterocycles. The van der Waals surface area contributed by atoms with Gasteiger partial charge in [0.2, 0.25) is 0 Å². The molecule has 2 aromatic rings. The lowest BCUT2D eigenvalue weighted by Gasteiger charge is -2.10. The maximum absolute atomic E-state index is 11.9. The molecule has 1 aromatic heterocycles. The summed E-state index contributed by atoms with van der Waals surface area (Å²) in [5, 5.41) is 2.69. The highest BCUT2D eigenvalue weighted by Gasteiger charge is 2.12. The van der Waals surface area contributed by atoms with Crippen LogP contribution in [0.1, 0.15) is 10.5 Å². The fourth-order valence-electron chi connectivity index (χ4n) is 1.32. The second-order valence-corrected chi connectivity index (χ2v) is 5.17. The van der Waals surface area contributed by atoms with Gasteiger partial charge < -0.3 is 11.1 Å². The summed E-state index contributed by atoms with van der Waals surface area (Å²) < 4.78 is 1.51. The van der Waals surface area contributed by atoms with Crippen LogP contribution in [-0.2, 0) is 0 Å². The summed E-state index contributed by atoms with van der Waals surface area (Å²) in [5.74, 6) is -0.363. The molecule has 0 unspecified atom stereocenters. The Labute approximate surface area is 120 Å². The van der Waals surface area contributed by atoms with Gasteiger partial charge in [-0.1, -0.05) is 15.9 Å². The van der Waals surface area contributed by atoms with Gasteiger partial charge in [-0.3, -0.25) is 9.78 Å². The summed E-state index contributed by atoms with van der Waals surface area (Å²) in [7, 11) is 0. The van der Waals surface area contributed by atoms with E-state index in [0.717, 1.165) is 4.47 Å². The number of nitrogens with one attached hydrogen (secondary N) is 1. The first kappa shape index (κ1) is 13.0. The number of nitrogens with two attached hydrogens (primary N) is 1. The second kappa shape index (κ2) is 5.45. The molecule has 18 heavy (non-hydrogen) atoms. The number of nitrogens with zero attached hydrogens (tertiary/aromatic N) is 2. The van der Waals surface area contributed by atoms with Gasteiger partial charge in [-0.15, -0.1) is 0 Å². The smallest absolute Gasteiger partial charge is 0.275 e. The van der Waals surface area contributed by atoms with Crippen molar-refractivity contribution in [3.8, 4) is 0 Å². The van der Waals surface area contributed by atoms with Crippen LogP contribution in [0.25, 0.3) is 0 Å². The third-order valence-corrected chi connectivity index (χ3v) is 3.20. The van der Waals surface area contributed by atoms with Gasteiger partial charge in [0.1, 0.15) is 5.69 Å². The molecule has 1 aromatic carbocycles. The number of nitrogen functional groups attached to an aromatic ring is 1. The molecule has 0 aliphatic carbocycles. The van der Waals surface area contributed by atoms with E-state index in [1.807, 2.05) is 0 Å².